The van der Waals surface area contributed by atoms with Gasteiger partial charge in [-0.1, -0.05) is 44.2 Å². The molecule has 0 aliphatic carbocycles. The predicted octanol–water partition coefficient (Wildman–Crippen LogP) is 4.82. The second-order valence-corrected chi connectivity index (χ2v) is 8.15. The van der Waals surface area contributed by atoms with Gasteiger partial charge in [-0.25, -0.2) is 0 Å². The van der Waals surface area contributed by atoms with Crippen molar-refractivity contribution in [3.8, 4) is 5.75 Å². The molecule has 2 aromatic carbocycles. The van der Waals surface area contributed by atoms with E-state index in [4.69, 9.17) is 4.74 Å². The molecule has 1 aromatic heterocycles. The van der Waals surface area contributed by atoms with Gasteiger partial charge in [-0.15, -0.1) is 11.3 Å². The van der Waals surface area contributed by atoms with Crippen molar-refractivity contribution in [2.24, 2.45) is 0 Å². The van der Waals surface area contributed by atoms with E-state index in [2.05, 4.69) is 29.4 Å². The molecule has 0 saturated heterocycles. The average Bonchev–Trinajstić information content (AvgIpc) is 3.37. The smallest absolute Gasteiger partial charge is 0.265 e. The normalized spacial score (nSPS) is 11.8. The van der Waals surface area contributed by atoms with Crippen LogP contribution in [0.2, 0.25) is 0 Å². The average molecular weight is 452 g/mol. The van der Waals surface area contributed by atoms with Gasteiger partial charge in [-0.3, -0.25) is 14.5 Å². The Balaban J connectivity index is 1.77. The molecule has 0 bridgehead atoms. The standard InChI is InChI=1S/C25H29N3O3S/c1-4-28(5-2)22(18-10-8-11-19(16-18)31-3)17-26-24(29)20-12-6-7-13-21(20)27-25(30)23-14-9-15-32-23/h6-16,22H,4-5,17H2,1-3H3,(H,26,29)(H,27,30). The number of para-hydroxylation sites is 1. The Labute approximate surface area is 193 Å². The van der Waals surface area contributed by atoms with Crippen LogP contribution in [0, 0.1) is 0 Å². The van der Waals surface area contributed by atoms with Gasteiger partial charge in [0.25, 0.3) is 11.8 Å². The van der Waals surface area contributed by atoms with Crippen molar-refractivity contribution in [2.45, 2.75) is 19.9 Å². The fourth-order valence-corrected chi connectivity index (χ4v) is 4.26. The number of rotatable bonds is 10. The van der Waals surface area contributed by atoms with Crippen molar-refractivity contribution < 1.29 is 14.3 Å². The number of carbonyl (C=O) groups excluding carboxylic acids is 2. The molecule has 3 rings (SSSR count). The summed E-state index contributed by atoms with van der Waals surface area (Å²) in [6.07, 6.45) is 0. The van der Waals surface area contributed by atoms with Crippen molar-refractivity contribution in [1.29, 1.82) is 0 Å². The number of methoxy groups -OCH3 is 1. The highest BCUT2D eigenvalue weighted by Gasteiger charge is 2.21. The van der Waals surface area contributed by atoms with Crippen LogP contribution in [0.25, 0.3) is 0 Å². The Morgan fingerprint density at radius 1 is 1.00 bits per heavy atom. The van der Waals surface area contributed by atoms with Crippen LogP contribution in [0.4, 0.5) is 5.69 Å². The van der Waals surface area contributed by atoms with Gasteiger partial charge >= 0.3 is 0 Å². The lowest BCUT2D eigenvalue weighted by Crippen LogP contribution is -2.38. The van der Waals surface area contributed by atoms with E-state index in [9.17, 15) is 9.59 Å². The molecule has 1 unspecified atom stereocenters. The van der Waals surface area contributed by atoms with Crippen LogP contribution in [-0.4, -0.2) is 43.5 Å². The molecule has 0 fully saturated rings. The molecular formula is C25H29N3O3S. The van der Waals surface area contributed by atoms with Gasteiger partial charge in [0.2, 0.25) is 0 Å². The first-order valence-electron chi connectivity index (χ1n) is 10.7. The highest BCUT2D eigenvalue weighted by atomic mass is 32.1. The van der Waals surface area contributed by atoms with Crippen LogP contribution in [-0.2, 0) is 0 Å². The van der Waals surface area contributed by atoms with Crippen molar-refractivity contribution in [1.82, 2.24) is 10.2 Å². The molecule has 7 heteroatoms. The fraction of sp³-hybridized carbons (Fsp3) is 0.280. The van der Waals surface area contributed by atoms with Crippen LogP contribution in [0.5, 0.6) is 5.75 Å². The van der Waals surface area contributed by atoms with E-state index >= 15 is 0 Å². The Bertz CT molecular complexity index is 1030. The highest BCUT2D eigenvalue weighted by molar-refractivity contribution is 7.12. The van der Waals surface area contributed by atoms with E-state index in [1.165, 1.54) is 11.3 Å². The summed E-state index contributed by atoms with van der Waals surface area (Å²) >= 11 is 1.36. The number of nitrogens with one attached hydrogen (secondary N) is 2. The maximum absolute atomic E-state index is 13.1. The number of carbonyl (C=O) groups is 2. The zero-order valence-corrected chi connectivity index (χ0v) is 19.4. The van der Waals surface area contributed by atoms with Gasteiger partial charge in [0, 0.05) is 6.54 Å². The van der Waals surface area contributed by atoms with E-state index in [0.29, 0.717) is 22.7 Å². The highest BCUT2D eigenvalue weighted by Crippen LogP contribution is 2.24. The molecule has 0 aliphatic rings. The number of benzene rings is 2. The van der Waals surface area contributed by atoms with Crippen molar-refractivity contribution in [2.75, 3.05) is 32.1 Å². The molecule has 0 saturated carbocycles. The molecule has 0 radical (unpaired) electrons. The zero-order chi connectivity index (χ0) is 22.9. The molecule has 6 nitrogen and oxygen atoms in total. The van der Waals surface area contributed by atoms with Crippen LogP contribution < -0.4 is 15.4 Å². The Kier molecular flexibility index (Phi) is 8.41. The number of nitrogens with zero attached hydrogens (tertiary/aromatic N) is 1. The quantitative estimate of drug-likeness (QED) is 0.464. The minimum atomic E-state index is -0.230. The maximum atomic E-state index is 13.1. The third kappa shape index (κ3) is 5.75. The molecule has 2 N–H and O–H groups in total. The minimum Gasteiger partial charge on any atom is -0.497 e. The van der Waals surface area contributed by atoms with Crippen molar-refractivity contribution >= 4 is 28.8 Å². The first-order valence-corrected chi connectivity index (χ1v) is 11.5. The monoisotopic (exact) mass is 451 g/mol. The second-order valence-electron chi connectivity index (χ2n) is 7.20. The Morgan fingerprint density at radius 2 is 1.78 bits per heavy atom. The summed E-state index contributed by atoms with van der Waals surface area (Å²) < 4.78 is 5.39. The van der Waals surface area contributed by atoms with Gasteiger partial charge in [-0.05, 0) is 54.4 Å². The van der Waals surface area contributed by atoms with Crippen LogP contribution in [0.15, 0.2) is 66.0 Å². The summed E-state index contributed by atoms with van der Waals surface area (Å²) in [6.45, 7) is 6.34. The molecule has 0 aliphatic heterocycles. The van der Waals surface area contributed by atoms with Gasteiger partial charge in [-0.2, -0.15) is 0 Å². The van der Waals surface area contributed by atoms with Gasteiger partial charge < -0.3 is 15.4 Å². The summed E-state index contributed by atoms with van der Waals surface area (Å²) in [6, 6.07) is 18.6. The van der Waals surface area contributed by atoms with Crippen molar-refractivity contribution in [3.05, 3.63) is 82.0 Å². The molecule has 3 aromatic rings. The number of anilines is 1. The number of hydrogen-bond acceptors (Lipinski definition) is 5. The number of amides is 2. The summed E-state index contributed by atoms with van der Waals surface area (Å²) in [5.41, 5.74) is 2.00. The number of ether oxygens (including phenoxy) is 1. The predicted molar refractivity (Wildman–Crippen MR) is 130 cm³/mol. The lowest BCUT2D eigenvalue weighted by atomic mass is 10.0. The van der Waals surface area contributed by atoms with Crippen LogP contribution in [0.1, 0.15) is 45.5 Å². The molecule has 32 heavy (non-hydrogen) atoms. The van der Waals surface area contributed by atoms with E-state index in [1.54, 1.807) is 37.4 Å². The lowest BCUT2D eigenvalue weighted by Gasteiger charge is -2.30. The van der Waals surface area contributed by atoms with Gasteiger partial charge in [0.05, 0.1) is 29.3 Å². The largest absolute Gasteiger partial charge is 0.497 e. The van der Waals surface area contributed by atoms with Crippen LogP contribution in [0.3, 0.4) is 0 Å². The molecule has 0 spiro atoms. The third-order valence-corrected chi connectivity index (χ3v) is 6.22. The first kappa shape index (κ1) is 23.5. The topological polar surface area (TPSA) is 70.7 Å². The second kappa shape index (κ2) is 11.5. The summed E-state index contributed by atoms with van der Waals surface area (Å²) in [4.78, 5) is 28.5. The molecule has 2 amide bonds. The number of hydrogen-bond donors (Lipinski definition) is 2. The summed E-state index contributed by atoms with van der Waals surface area (Å²) in [7, 11) is 1.65. The molecule has 168 valence electrons. The molecule has 1 atom stereocenters. The van der Waals surface area contributed by atoms with Gasteiger partial charge in [0.15, 0.2) is 0 Å². The Hall–Kier alpha value is -3.16. The summed E-state index contributed by atoms with van der Waals surface area (Å²) in [5, 5.41) is 7.77. The van der Waals surface area contributed by atoms with E-state index < -0.39 is 0 Å². The maximum Gasteiger partial charge on any atom is 0.265 e. The minimum absolute atomic E-state index is 0.00285. The summed E-state index contributed by atoms with van der Waals surface area (Å²) in [5.74, 6) is 0.331. The SMILES string of the molecule is CCN(CC)C(CNC(=O)c1ccccc1NC(=O)c1cccs1)c1cccc(OC)c1. The first-order chi connectivity index (χ1) is 15.6. The van der Waals surface area contributed by atoms with E-state index in [-0.39, 0.29) is 17.9 Å². The number of thiophene rings is 1. The van der Waals surface area contributed by atoms with Gasteiger partial charge in [0.1, 0.15) is 5.75 Å². The third-order valence-electron chi connectivity index (χ3n) is 5.35. The molecular weight excluding hydrogens is 422 g/mol. The van der Waals surface area contributed by atoms with E-state index in [0.717, 1.165) is 24.4 Å². The number of likely N-dealkylation sites (N-methyl/N-ethyl adjacent to an activating group) is 1. The van der Waals surface area contributed by atoms with Crippen LogP contribution >= 0.6 is 11.3 Å². The zero-order valence-electron chi connectivity index (χ0n) is 18.6. The lowest BCUT2D eigenvalue weighted by molar-refractivity contribution is 0.0936. The fourth-order valence-electron chi connectivity index (χ4n) is 3.64. The van der Waals surface area contributed by atoms with E-state index in [1.807, 2.05) is 35.7 Å². The van der Waals surface area contributed by atoms with Crippen molar-refractivity contribution in [3.63, 3.8) is 0 Å². The molecule has 1 heterocycles. The Morgan fingerprint density at radius 3 is 2.47 bits per heavy atom.